The van der Waals surface area contributed by atoms with Gasteiger partial charge in [0.15, 0.2) is 14.6 Å². The highest BCUT2D eigenvalue weighted by Crippen LogP contribution is 2.18. The summed E-state index contributed by atoms with van der Waals surface area (Å²) >= 11 is 0. The summed E-state index contributed by atoms with van der Waals surface area (Å²) in [4.78, 5) is 10.9. The summed E-state index contributed by atoms with van der Waals surface area (Å²) in [6.45, 7) is 4.19. The summed E-state index contributed by atoms with van der Waals surface area (Å²) in [5, 5.41) is 8.91. The van der Waals surface area contributed by atoms with E-state index in [1.807, 2.05) is 13.0 Å². The van der Waals surface area contributed by atoms with Crippen LogP contribution in [0.15, 0.2) is 24.3 Å². The molecule has 19 heavy (non-hydrogen) atoms. The average Bonchev–Trinajstić information content (AvgIpc) is 2.28. The van der Waals surface area contributed by atoms with Crippen molar-refractivity contribution in [2.45, 2.75) is 25.5 Å². The van der Waals surface area contributed by atoms with Gasteiger partial charge in [-0.1, -0.05) is 12.1 Å². The second kappa shape index (κ2) is 5.61. The molecule has 6 heteroatoms. The van der Waals surface area contributed by atoms with Crippen LogP contribution < -0.4 is 4.74 Å². The average molecular weight is 286 g/mol. The number of benzene rings is 1. The van der Waals surface area contributed by atoms with Crippen LogP contribution in [0, 0.1) is 6.92 Å². The zero-order valence-corrected chi connectivity index (χ0v) is 12.0. The van der Waals surface area contributed by atoms with Crippen LogP contribution in [-0.4, -0.2) is 36.6 Å². The molecule has 0 saturated carbocycles. The number of carbonyl (C=O) groups is 1. The van der Waals surface area contributed by atoms with Crippen molar-refractivity contribution in [3.63, 3.8) is 0 Å². The van der Waals surface area contributed by atoms with Gasteiger partial charge in [-0.25, -0.2) is 8.42 Å². The number of ether oxygens (including phenoxy) is 1. The van der Waals surface area contributed by atoms with Gasteiger partial charge in [-0.3, -0.25) is 4.79 Å². The molecule has 0 unspecified atom stereocenters. The molecule has 1 N–H and O–H groups in total. The summed E-state index contributed by atoms with van der Waals surface area (Å²) in [6, 6.07) is 7.22. The van der Waals surface area contributed by atoms with Gasteiger partial charge in [0.05, 0.1) is 5.75 Å². The summed E-state index contributed by atoms with van der Waals surface area (Å²) in [5.74, 6) is -1.12. The van der Waals surface area contributed by atoms with Crippen molar-refractivity contribution >= 4 is 15.8 Å². The fourth-order valence-corrected chi connectivity index (χ4v) is 2.44. The van der Waals surface area contributed by atoms with E-state index in [0.29, 0.717) is 5.75 Å². The smallest absolute Gasteiger partial charge is 0.324 e. The Balaban J connectivity index is 2.65. The maximum atomic E-state index is 11.9. The van der Waals surface area contributed by atoms with Crippen molar-refractivity contribution in [2.75, 3.05) is 12.4 Å². The van der Waals surface area contributed by atoms with E-state index in [2.05, 4.69) is 0 Å². The molecule has 0 aliphatic heterocycles. The van der Waals surface area contributed by atoms with Gasteiger partial charge in [0, 0.05) is 0 Å². The number of sulfone groups is 1. The molecular weight excluding hydrogens is 268 g/mol. The van der Waals surface area contributed by atoms with Crippen LogP contribution in [0.1, 0.15) is 19.4 Å². The number of aliphatic carboxylic acids is 1. The minimum Gasteiger partial charge on any atom is -0.493 e. The molecule has 0 aliphatic rings. The Kier molecular flexibility index (Phi) is 4.57. The van der Waals surface area contributed by atoms with Crippen LogP contribution >= 0.6 is 0 Å². The predicted molar refractivity (Wildman–Crippen MR) is 72.2 cm³/mol. The lowest BCUT2D eigenvalue weighted by Crippen LogP contribution is -2.42. The number of carboxylic acids is 1. The Morgan fingerprint density at radius 2 is 2.00 bits per heavy atom. The van der Waals surface area contributed by atoms with E-state index in [4.69, 9.17) is 9.84 Å². The third kappa shape index (κ3) is 3.70. The zero-order valence-electron chi connectivity index (χ0n) is 11.2. The van der Waals surface area contributed by atoms with Crippen molar-refractivity contribution in [3.05, 3.63) is 29.8 Å². The minimum absolute atomic E-state index is 0.0670. The van der Waals surface area contributed by atoms with E-state index in [1.165, 1.54) is 13.8 Å². The molecule has 1 aromatic carbocycles. The van der Waals surface area contributed by atoms with Crippen molar-refractivity contribution in [3.8, 4) is 5.75 Å². The first-order chi connectivity index (χ1) is 8.67. The molecule has 0 bridgehead atoms. The van der Waals surface area contributed by atoms with Gasteiger partial charge in [0.1, 0.15) is 12.4 Å². The van der Waals surface area contributed by atoms with E-state index < -0.39 is 20.6 Å². The lowest BCUT2D eigenvalue weighted by Gasteiger charge is -2.19. The van der Waals surface area contributed by atoms with E-state index in [9.17, 15) is 13.2 Å². The highest BCUT2D eigenvalue weighted by molar-refractivity contribution is 7.93. The standard InChI is InChI=1S/C13H18O5S/c1-10-5-4-6-11(9-10)18-7-8-19(16,17)13(2,3)12(14)15/h4-6,9H,7-8H2,1-3H3,(H,14,15). The first-order valence-electron chi connectivity index (χ1n) is 5.82. The first-order valence-corrected chi connectivity index (χ1v) is 7.47. The summed E-state index contributed by atoms with van der Waals surface area (Å²) in [6.07, 6.45) is 0. The summed E-state index contributed by atoms with van der Waals surface area (Å²) in [5.41, 5.74) is 1.01. The van der Waals surface area contributed by atoms with Gasteiger partial charge >= 0.3 is 5.97 Å². The van der Waals surface area contributed by atoms with E-state index in [-0.39, 0.29) is 12.4 Å². The lowest BCUT2D eigenvalue weighted by atomic mass is 10.2. The molecule has 0 fully saturated rings. The molecule has 0 spiro atoms. The van der Waals surface area contributed by atoms with Crippen molar-refractivity contribution in [1.82, 2.24) is 0 Å². The monoisotopic (exact) mass is 286 g/mol. The Labute approximate surface area is 113 Å². The molecule has 0 amide bonds. The largest absolute Gasteiger partial charge is 0.493 e. The van der Waals surface area contributed by atoms with Crippen molar-refractivity contribution < 1.29 is 23.1 Å². The van der Waals surface area contributed by atoms with Crippen LogP contribution in [0.4, 0.5) is 0 Å². The molecular formula is C13H18O5S. The molecule has 0 radical (unpaired) electrons. The van der Waals surface area contributed by atoms with E-state index in [1.54, 1.807) is 18.2 Å². The predicted octanol–water partition coefficient (Wildman–Crippen LogP) is 1.65. The van der Waals surface area contributed by atoms with Gasteiger partial charge in [0.2, 0.25) is 0 Å². The molecule has 0 saturated heterocycles. The van der Waals surface area contributed by atoms with Crippen molar-refractivity contribution in [2.24, 2.45) is 0 Å². The van der Waals surface area contributed by atoms with E-state index in [0.717, 1.165) is 5.56 Å². The molecule has 106 valence electrons. The fourth-order valence-electron chi connectivity index (χ4n) is 1.36. The molecule has 1 rings (SSSR count). The summed E-state index contributed by atoms with van der Waals surface area (Å²) < 4.78 is 27.3. The highest BCUT2D eigenvalue weighted by Gasteiger charge is 2.41. The van der Waals surface area contributed by atoms with Crippen LogP contribution in [0.3, 0.4) is 0 Å². The second-order valence-electron chi connectivity index (χ2n) is 4.80. The topological polar surface area (TPSA) is 80.7 Å². The number of carboxylic acid groups (broad SMARTS) is 1. The SMILES string of the molecule is Cc1cccc(OCCS(=O)(=O)C(C)(C)C(=O)O)c1. The van der Waals surface area contributed by atoms with Gasteiger partial charge in [-0.15, -0.1) is 0 Å². The zero-order chi connectivity index (χ0) is 14.7. The maximum absolute atomic E-state index is 11.9. The minimum atomic E-state index is -3.76. The Bertz CT molecular complexity index is 560. The molecule has 5 nitrogen and oxygen atoms in total. The first kappa shape index (κ1) is 15.5. The number of rotatable bonds is 6. The molecule has 0 aliphatic carbocycles. The van der Waals surface area contributed by atoms with Crippen molar-refractivity contribution in [1.29, 1.82) is 0 Å². The Morgan fingerprint density at radius 3 is 2.53 bits per heavy atom. The second-order valence-corrected chi connectivity index (χ2v) is 7.46. The lowest BCUT2D eigenvalue weighted by molar-refractivity contribution is -0.139. The molecule has 1 aromatic rings. The highest BCUT2D eigenvalue weighted by atomic mass is 32.2. The quantitative estimate of drug-likeness (QED) is 0.860. The van der Waals surface area contributed by atoms with Gasteiger partial charge in [-0.05, 0) is 38.5 Å². The Morgan fingerprint density at radius 1 is 1.37 bits per heavy atom. The number of hydrogen-bond acceptors (Lipinski definition) is 4. The van der Waals surface area contributed by atoms with Crippen LogP contribution in [0.25, 0.3) is 0 Å². The molecule has 0 atom stereocenters. The maximum Gasteiger partial charge on any atom is 0.324 e. The van der Waals surface area contributed by atoms with Gasteiger partial charge in [-0.2, -0.15) is 0 Å². The Hall–Kier alpha value is -1.56. The van der Waals surface area contributed by atoms with Gasteiger partial charge in [0.25, 0.3) is 0 Å². The molecule has 0 aromatic heterocycles. The van der Waals surface area contributed by atoms with Crippen LogP contribution in [-0.2, 0) is 14.6 Å². The number of aryl methyl sites for hydroxylation is 1. The normalized spacial score (nSPS) is 12.2. The fraction of sp³-hybridized carbons (Fsp3) is 0.462. The third-order valence-corrected chi connectivity index (χ3v) is 5.34. The van der Waals surface area contributed by atoms with Crippen LogP contribution in [0.2, 0.25) is 0 Å². The molecule has 0 heterocycles. The van der Waals surface area contributed by atoms with Gasteiger partial charge < -0.3 is 9.84 Å². The number of hydrogen-bond donors (Lipinski definition) is 1. The van der Waals surface area contributed by atoms with Crippen LogP contribution in [0.5, 0.6) is 5.75 Å². The van der Waals surface area contributed by atoms with E-state index >= 15 is 0 Å². The summed E-state index contributed by atoms with van der Waals surface area (Å²) in [7, 11) is -3.76. The third-order valence-electron chi connectivity index (χ3n) is 2.90.